The summed E-state index contributed by atoms with van der Waals surface area (Å²) in [5, 5.41) is 7.71. The molecule has 0 radical (unpaired) electrons. The summed E-state index contributed by atoms with van der Waals surface area (Å²) >= 11 is 0. The van der Waals surface area contributed by atoms with Gasteiger partial charge in [-0.05, 0) is 36.6 Å². The van der Waals surface area contributed by atoms with Gasteiger partial charge in [0.05, 0.1) is 23.3 Å². The van der Waals surface area contributed by atoms with Crippen molar-refractivity contribution in [1.29, 1.82) is 0 Å². The maximum absolute atomic E-state index is 13.3. The van der Waals surface area contributed by atoms with Crippen molar-refractivity contribution in [1.82, 2.24) is 20.1 Å². The molecule has 1 N–H and O–H groups in total. The summed E-state index contributed by atoms with van der Waals surface area (Å²) in [6, 6.07) is 15.9. The first-order chi connectivity index (χ1) is 13.7. The number of pyridine rings is 1. The van der Waals surface area contributed by atoms with Crippen molar-refractivity contribution in [3.8, 4) is 11.3 Å². The van der Waals surface area contributed by atoms with E-state index in [0.29, 0.717) is 32.6 Å². The van der Waals surface area contributed by atoms with Crippen molar-refractivity contribution < 1.29 is 9.53 Å². The number of carbonyl (C=O) groups excluding carboxylic acids is 1. The lowest BCUT2D eigenvalue weighted by molar-refractivity contribution is -0.130. The number of hydrogen-bond acceptors (Lipinski definition) is 4. The first-order valence-electron chi connectivity index (χ1n) is 9.54. The largest absolute Gasteiger partial charge is 0.381 e. The Morgan fingerprint density at radius 1 is 1.14 bits per heavy atom. The van der Waals surface area contributed by atoms with Gasteiger partial charge in [-0.1, -0.05) is 30.3 Å². The average Bonchev–Trinajstić information content (AvgIpc) is 3.14. The molecule has 0 atom stereocenters. The second kappa shape index (κ2) is 7.94. The maximum atomic E-state index is 13.3. The Morgan fingerprint density at radius 2 is 1.86 bits per heavy atom. The quantitative estimate of drug-likeness (QED) is 0.743. The van der Waals surface area contributed by atoms with Crippen molar-refractivity contribution >= 4 is 5.91 Å². The minimum Gasteiger partial charge on any atom is -0.381 e. The van der Waals surface area contributed by atoms with Gasteiger partial charge < -0.3 is 10.1 Å². The molecule has 6 nitrogen and oxygen atoms in total. The van der Waals surface area contributed by atoms with E-state index in [2.05, 4.69) is 15.4 Å². The molecule has 6 heteroatoms. The van der Waals surface area contributed by atoms with Crippen LogP contribution in [0.2, 0.25) is 0 Å². The Hall–Kier alpha value is -2.99. The molecule has 28 heavy (non-hydrogen) atoms. The third-order valence-electron chi connectivity index (χ3n) is 5.49. The third kappa shape index (κ3) is 3.55. The summed E-state index contributed by atoms with van der Waals surface area (Å²) in [4.78, 5) is 17.3. The Balaban J connectivity index is 1.52. The van der Waals surface area contributed by atoms with Gasteiger partial charge in [-0.25, -0.2) is 0 Å². The number of amides is 1. The lowest BCUT2D eigenvalue weighted by atomic mass is 9.73. The van der Waals surface area contributed by atoms with E-state index in [9.17, 15) is 4.79 Å². The van der Waals surface area contributed by atoms with E-state index < -0.39 is 5.41 Å². The maximum Gasteiger partial charge on any atom is 0.231 e. The second-order valence-corrected chi connectivity index (χ2v) is 7.12. The van der Waals surface area contributed by atoms with Crippen LogP contribution in [0.25, 0.3) is 11.3 Å². The molecule has 1 amide bonds. The highest BCUT2D eigenvalue weighted by molar-refractivity contribution is 5.88. The van der Waals surface area contributed by atoms with Crippen LogP contribution >= 0.6 is 0 Å². The number of nitrogens with zero attached hydrogens (tertiary/aromatic N) is 3. The Labute approximate surface area is 164 Å². The Morgan fingerprint density at radius 3 is 2.57 bits per heavy atom. The van der Waals surface area contributed by atoms with Crippen LogP contribution in [0.1, 0.15) is 24.1 Å². The number of rotatable bonds is 5. The molecular formula is C22H24N4O2. The summed E-state index contributed by atoms with van der Waals surface area (Å²) < 4.78 is 7.35. The van der Waals surface area contributed by atoms with E-state index in [1.807, 2.05) is 60.3 Å². The molecule has 0 aliphatic carbocycles. The summed E-state index contributed by atoms with van der Waals surface area (Å²) in [6.45, 7) is 1.63. The standard InChI is InChI=1S/C22H24N4O2/c1-26-19(15-20(25-26)17-7-11-23-12-8-17)16-24-21(27)22(9-13-28-14-10-22)18-5-3-2-4-6-18/h2-8,11-12,15H,9-10,13-14,16H2,1H3,(H,24,27). The predicted octanol–water partition coefficient (Wildman–Crippen LogP) is 2.85. The molecule has 0 saturated carbocycles. The fourth-order valence-electron chi connectivity index (χ4n) is 3.80. The summed E-state index contributed by atoms with van der Waals surface area (Å²) in [5.41, 5.74) is 3.35. The number of hydrogen-bond donors (Lipinski definition) is 1. The molecule has 1 fully saturated rings. The number of benzene rings is 1. The average molecular weight is 376 g/mol. The van der Waals surface area contributed by atoms with Gasteiger partial charge in [0, 0.05) is 38.2 Å². The topological polar surface area (TPSA) is 69.0 Å². The zero-order valence-electron chi connectivity index (χ0n) is 16.0. The molecule has 2 aromatic heterocycles. The van der Waals surface area contributed by atoms with E-state index in [4.69, 9.17) is 4.74 Å². The highest BCUT2D eigenvalue weighted by atomic mass is 16.5. The van der Waals surface area contributed by atoms with Gasteiger partial charge in [0.2, 0.25) is 5.91 Å². The van der Waals surface area contributed by atoms with Crippen molar-refractivity contribution in [2.45, 2.75) is 24.8 Å². The van der Waals surface area contributed by atoms with Crippen molar-refractivity contribution in [2.75, 3.05) is 13.2 Å². The van der Waals surface area contributed by atoms with Crippen molar-refractivity contribution in [3.05, 3.63) is 72.2 Å². The van der Waals surface area contributed by atoms with E-state index >= 15 is 0 Å². The normalized spacial score (nSPS) is 15.9. The number of ether oxygens (including phenoxy) is 1. The first-order valence-corrected chi connectivity index (χ1v) is 9.54. The minimum absolute atomic E-state index is 0.0497. The number of nitrogens with one attached hydrogen (secondary N) is 1. The highest BCUT2D eigenvalue weighted by Gasteiger charge is 2.41. The van der Waals surface area contributed by atoms with Gasteiger partial charge in [-0.3, -0.25) is 14.5 Å². The van der Waals surface area contributed by atoms with Gasteiger partial charge in [0.25, 0.3) is 0 Å². The Bertz CT molecular complexity index is 932. The SMILES string of the molecule is Cn1nc(-c2ccncc2)cc1CNC(=O)C1(c2ccccc2)CCOCC1. The van der Waals surface area contributed by atoms with Crippen molar-refractivity contribution in [3.63, 3.8) is 0 Å². The smallest absolute Gasteiger partial charge is 0.231 e. The van der Waals surface area contributed by atoms with E-state index in [1.54, 1.807) is 12.4 Å². The molecule has 1 aliphatic heterocycles. The second-order valence-electron chi connectivity index (χ2n) is 7.12. The summed E-state index contributed by atoms with van der Waals surface area (Å²) in [6.07, 6.45) is 4.88. The molecule has 1 aliphatic rings. The van der Waals surface area contributed by atoms with Crippen LogP contribution in [0.3, 0.4) is 0 Å². The van der Waals surface area contributed by atoms with Crippen LogP contribution in [0.4, 0.5) is 0 Å². The zero-order valence-corrected chi connectivity index (χ0v) is 16.0. The fourth-order valence-corrected chi connectivity index (χ4v) is 3.80. The molecule has 0 unspecified atom stereocenters. The molecule has 144 valence electrons. The first kappa shape index (κ1) is 18.4. The van der Waals surface area contributed by atoms with Gasteiger partial charge in [0.15, 0.2) is 0 Å². The molecule has 3 heterocycles. The monoisotopic (exact) mass is 376 g/mol. The Kier molecular flexibility index (Phi) is 5.21. The van der Waals surface area contributed by atoms with Crippen LogP contribution in [-0.2, 0) is 28.5 Å². The van der Waals surface area contributed by atoms with Crippen LogP contribution in [0, 0.1) is 0 Å². The van der Waals surface area contributed by atoms with Gasteiger partial charge in [-0.15, -0.1) is 0 Å². The van der Waals surface area contributed by atoms with Gasteiger partial charge >= 0.3 is 0 Å². The van der Waals surface area contributed by atoms with Crippen LogP contribution < -0.4 is 5.32 Å². The molecule has 3 aromatic rings. The van der Waals surface area contributed by atoms with Gasteiger partial charge in [0.1, 0.15) is 0 Å². The van der Waals surface area contributed by atoms with E-state index in [-0.39, 0.29) is 5.91 Å². The van der Waals surface area contributed by atoms with Crippen LogP contribution in [-0.4, -0.2) is 33.9 Å². The molecule has 1 aromatic carbocycles. The number of carbonyl (C=O) groups is 1. The molecule has 0 bridgehead atoms. The summed E-state index contributed by atoms with van der Waals surface area (Å²) in [7, 11) is 1.90. The lowest BCUT2D eigenvalue weighted by Crippen LogP contribution is -2.47. The van der Waals surface area contributed by atoms with E-state index in [0.717, 1.165) is 22.5 Å². The predicted molar refractivity (Wildman–Crippen MR) is 106 cm³/mol. The van der Waals surface area contributed by atoms with Crippen molar-refractivity contribution in [2.24, 2.45) is 7.05 Å². The molecular weight excluding hydrogens is 352 g/mol. The highest BCUT2D eigenvalue weighted by Crippen LogP contribution is 2.35. The molecule has 4 rings (SSSR count). The molecule has 1 saturated heterocycles. The molecule has 0 spiro atoms. The fraction of sp³-hybridized carbons (Fsp3) is 0.318. The minimum atomic E-state index is -0.536. The lowest BCUT2D eigenvalue weighted by Gasteiger charge is -2.36. The van der Waals surface area contributed by atoms with Crippen LogP contribution in [0.15, 0.2) is 60.9 Å². The number of aromatic nitrogens is 3. The summed E-state index contributed by atoms with van der Waals surface area (Å²) in [5.74, 6) is 0.0497. The van der Waals surface area contributed by atoms with E-state index in [1.165, 1.54) is 0 Å². The van der Waals surface area contributed by atoms with Gasteiger partial charge in [-0.2, -0.15) is 5.10 Å². The third-order valence-corrected chi connectivity index (χ3v) is 5.49. The zero-order chi connectivity index (χ0) is 19.4. The van der Waals surface area contributed by atoms with Crippen LogP contribution in [0.5, 0.6) is 0 Å². The number of aryl methyl sites for hydroxylation is 1.